The Hall–Kier alpha value is -1.49. The van der Waals surface area contributed by atoms with E-state index in [1.165, 1.54) is 4.90 Å². The number of nitrogens with one attached hydrogen (secondary N) is 2. The van der Waals surface area contributed by atoms with Gasteiger partial charge in [0, 0.05) is 21.0 Å². The first-order valence-corrected chi connectivity index (χ1v) is 8.41. The van der Waals surface area contributed by atoms with Gasteiger partial charge in [-0.1, -0.05) is 35.9 Å². The number of halogens is 1. The molecule has 0 fully saturated rings. The number of thioether (sulfide) groups is 1. The Morgan fingerprint density at radius 2 is 1.33 bits per heavy atom. The van der Waals surface area contributed by atoms with Gasteiger partial charge >= 0.3 is 0 Å². The molecule has 0 spiro atoms. The monoisotopic (exact) mass is 332 g/mol. The van der Waals surface area contributed by atoms with Crippen LogP contribution in [0.25, 0.3) is 22.5 Å². The van der Waals surface area contributed by atoms with Crippen LogP contribution in [0.5, 0.6) is 0 Å². The molecule has 5 heteroatoms. The van der Waals surface area contributed by atoms with Gasteiger partial charge < -0.3 is 9.97 Å². The molecular weight excluding hydrogens is 320 g/mol. The predicted octanol–water partition coefficient (Wildman–Crippen LogP) is 5.78. The molecule has 3 aromatic rings. The minimum absolute atomic E-state index is 0.615. The van der Waals surface area contributed by atoms with Gasteiger partial charge in [0.2, 0.25) is 0 Å². The van der Waals surface area contributed by atoms with Crippen molar-refractivity contribution in [3.8, 4) is 22.5 Å². The molecule has 0 amide bonds. The highest BCUT2D eigenvalue weighted by atomic mass is 35.5. The van der Waals surface area contributed by atoms with Crippen LogP contribution in [0.3, 0.4) is 0 Å². The van der Waals surface area contributed by atoms with Crippen molar-refractivity contribution in [2.75, 3.05) is 6.26 Å². The number of imidazole rings is 1. The van der Waals surface area contributed by atoms with Crippen molar-refractivity contribution in [1.29, 1.82) is 0 Å². The standard InChI is InChI=1S/C16H13ClN2S2/c1-21-13-8-4-11(5-9-13)15-14(18-16(20)19-15)10-2-6-12(17)7-3-10/h2-9H,1H3,(H2,18,19,20). The van der Waals surface area contributed by atoms with Crippen molar-refractivity contribution in [3.05, 3.63) is 58.3 Å². The Bertz CT molecular complexity index is 802. The lowest BCUT2D eigenvalue weighted by atomic mass is 10.1. The van der Waals surface area contributed by atoms with E-state index in [9.17, 15) is 0 Å². The van der Waals surface area contributed by atoms with Gasteiger partial charge in [0.15, 0.2) is 4.77 Å². The molecule has 0 saturated carbocycles. The zero-order chi connectivity index (χ0) is 14.8. The number of rotatable bonds is 3. The molecule has 0 saturated heterocycles. The van der Waals surface area contributed by atoms with E-state index in [-0.39, 0.29) is 0 Å². The van der Waals surface area contributed by atoms with Crippen molar-refractivity contribution >= 4 is 35.6 Å². The summed E-state index contributed by atoms with van der Waals surface area (Å²) in [7, 11) is 0. The minimum Gasteiger partial charge on any atom is -0.330 e. The summed E-state index contributed by atoms with van der Waals surface area (Å²) >= 11 is 12.9. The lowest BCUT2D eigenvalue weighted by Crippen LogP contribution is -1.84. The van der Waals surface area contributed by atoms with Crippen LogP contribution in [0, 0.1) is 4.77 Å². The molecule has 0 aliphatic carbocycles. The van der Waals surface area contributed by atoms with Crippen LogP contribution < -0.4 is 0 Å². The van der Waals surface area contributed by atoms with E-state index >= 15 is 0 Å². The maximum atomic E-state index is 5.95. The maximum Gasteiger partial charge on any atom is 0.175 e. The number of aromatic amines is 2. The summed E-state index contributed by atoms with van der Waals surface area (Å²) in [5.41, 5.74) is 4.13. The van der Waals surface area contributed by atoms with Crippen LogP contribution >= 0.6 is 35.6 Å². The highest BCUT2D eigenvalue weighted by Gasteiger charge is 2.10. The molecule has 0 bridgehead atoms. The summed E-state index contributed by atoms with van der Waals surface area (Å²) < 4.78 is 0.615. The summed E-state index contributed by atoms with van der Waals surface area (Å²) in [5, 5.41) is 0.721. The molecule has 0 radical (unpaired) electrons. The molecule has 2 nitrogen and oxygen atoms in total. The van der Waals surface area contributed by atoms with Gasteiger partial charge in [-0.3, -0.25) is 0 Å². The normalized spacial score (nSPS) is 10.8. The van der Waals surface area contributed by atoms with Crippen LogP contribution in [-0.2, 0) is 0 Å². The summed E-state index contributed by atoms with van der Waals surface area (Å²) in [5.74, 6) is 0. The average Bonchev–Trinajstić information content (AvgIpc) is 2.90. The first kappa shape index (κ1) is 14.4. The zero-order valence-electron chi connectivity index (χ0n) is 11.3. The van der Waals surface area contributed by atoms with Crippen molar-refractivity contribution < 1.29 is 0 Å². The topological polar surface area (TPSA) is 31.6 Å². The lowest BCUT2D eigenvalue weighted by molar-refractivity contribution is 1.27. The number of aromatic nitrogens is 2. The molecule has 0 atom stereocenters. The second-order valence-electron chi connectivity index (χ2n) is 4.56. The smallest absolute Gasteiger partial charge is 0.175 e. The van der Waals surface area contributed by atoms with Gasteiger partial charge in [-0.25, -0.2) is 0 Å². The van der Waals surface area contributed by atoms with Gasteiger partial charge in [0.05, 0.1) is 11.4 Å². The number of benzene rings is 2. The molecule has 1 heterocycles. The van der Waals surface area contributed by atoms with Crippen molar-refractivity contribution in [2.24, 2.45) is 0 Å². The Morgan fingerprint density at radius 3 is 1.81 bits per heavy atom. The van der Waals surface area contributed by atoms with Crippen LogP contribution in [0.2, 0.25) is 5.02 Å². The first-order chi connectivity index (χ1) is 10.2. The van der Waals surface area contributed by atoms with Crippen LogP contribution in [-0.4, -0.2) is 16.2 Å². The third-order valence-electron chi connectivity index (χ3n) is 3.24. The highest BCUT2D eigenvalue weighted by molar-refractivity contribution is 7.98. The molecule has 2 aromatic carbocycles. The second kappa shape index (κ2) is 6.10. The quantitative estimate of drug-likeness (QED) is 0.470. The number of hydrogen-bond donors (Lipinski definition) is 2. The van der Waals surface area contributed by atoms with E-state index < -0.39 is 0 Å². The van der Waals surface area contributed by atoms with E-state index in [1.54, 1.807) is 11.8 Å². The lowest BCUT2D eigenvalue weighted by Gasteiger charge is -2.05. The summed E-state index contributed by atoms with van der Waals surface area (Å²) in [6, 6.07) is 16.1. The van der Waals surface area contributed by atoms with Crippen molar-refractivity contribution in [1.82, 2.24) is 9.97 Å². The molecule has 21 heavy (non-hydrogen) atoms. The Morgan fingerprint density at radius 1 is 0.857 bits per heavy atom. The fraction of sp³-hybridized carbons (Fsp3) is 0.0625. The molecular formula is C16H13ClN2S2. The summed E-state index contributed by atoms with van der Waals surface area (Å²) in [6.07, 6.45) is 2.07. The van der Waals surface area contributed by atoms with Crippen LogP contribution in [0.15, 0.2) is 53.4 Å². The largest absolute Gasteiger partial charge is 0.330 e. The molecule has 3 rings (SSSR count). The van der Waals surface area contributed by atoms with E-state index in [1.807, 2.05) is 24.3 Å². The van der Waals surface area contributed by atoms with Gasteiger partial charge in [0.1, 0.15) is 0 Å². The van der Waals surface area contributed by atoms with E-state index in [4.69, 9.17) is 23.8 Å². The van der Waals surface area contributed by atoms with Gasteiger partial charge in [0.25, 0.3) is 0 Å². The SMILES string of the molecule is CSc1ccc(-c2[nH]c(=S)[nH]c2-c2ccc(Cl)cc2)cc1. The number of H-pyrrole nitrogens is 2. The van der Waals surface area contributed by atoms with Crippen molar-refractivity contribution in [2.45, 2.75) is 4.90 Å². The van der Waals surface area contributed by atoms with E-state index in [0.717, 1.165) is 27.5 Å². The first-order valence-electron chi connectivity index (χ1n) is 6.40. The molecule has 2 N–H and O–H groups in total. The fourth-order valence-corrected chi connectivity index (χ4v) is 2.93. The summed E-state index contributed by atoms with van der Waals surface area (Å²) in [4.78, 5) is 7.69. The Kier molecular flexibility index (Phi) is 4.19. The van der Waals surface area contributed by atoms with E-state index in [0.29, 0.717) is 4.77 Å². The highest BCUT2D eigenvalue weighted by Crippen LogP contribution is 2.31. The van der Waals surface area contributed by atoms with Gasteiger partial charge in [-0.05, 0) is 42.7 Å². The molecule has 0 aliphatic rings. The minimum atomic E-state index is 0.615. The summed E-state index contributed by atoms with van der Waals surface area (Å²) in [6.45, 7) is 0. The zero-order valence-corrected chi connectivity index (χ0v) is 13.7. The van der Waals surface area contributed by atoms with E-state index in [2.05, 4.69) is 40.5 Å². The third-order valence-corrected chi connectivity index (χ3v) is 4.44. The predicted molar refractivity (Wildman–Crippen MR) is 93.6 cm³/mol. The molecule has 1 aromatic heterocycles. The molecule has 106 valence electrons. The van der Waals surface area contributed by atoms with Crippen LogP contribution in [0.1, 0.15) is 0 Å². The van der Waals surface area contributed by atoms with Gasteiger partial charge in [-0.15, -0.1) is 11.8 Å². The van der Waals surface area contributed by atoms with Crippen molar-refractivity contribution in [3.63, 3.8) is 0 Å². The van der Waals surface area contributed by atoms with Crippen LogP contribution in [0.4, 0.5) is 0 Å². The average molecular weight is 333 g/mol. The third kappa shape index (κ3) is 3.07. The Balaban J connectivity index is 2.10. The fourth-order valence-electron chi connectivity index (χ4n) is 2.19. The molecule has 0 unspecified atom stereocenters. The molecule has 0 aliphatic heterocycles. The second-order valence-corrected chi connectivity index (χ2v) is 6.29. The van der Waals surface area contributed by atoms with Gasteiger partial charge in [-0.2, -0.15) is 0 Å². The number of hydrogen-bond acceptors (Lipinski definition) is 2. The Labute approximate surface area is 137 Å². The maximum absolute atomic E-state index is 5.95.